The number of nitrogens with two attached hydrogens (primary N) is 1. The molecule has 1 saturated heterocycles. The number of hydrogen-bond donors (Lipinski definition) is 2. The Balaban J connectivity index is 1.65. The molecular weight excluding hydrogens is 276 g/mol. The zero-order chi connectivity index (χ0) is 13.5. The number of rotatable bonds is 5. The summed E-state index contributed by atoms with van der Waals surface area (Å²) >= 11 is 3.95. The molecule has 104 valence electrons. The molecule has 1 aromatic rings. The van der Waals surface area contributed by atoms with E-state index in [1.807, 2.05) is 47.8 Å². The quantitative estimate of drug-likeness (QED) is 0.818. The van der Waals surface area contributed by atoms with Gasteiger partial charge in [0.15, 0.2) is 0 Å². The van der Waals surface area contributed by atoms with Gasteiger partial charge < -0.3 is 11.1 Å². The SMILES string of the molecule is Nc1ccc(CCC(=O)NCC2CSCCS2)cc1. The van der Waals surface area contributed by atoms with E-state index in [2.05, 4.69) is 5.32 Å². The Morgan fingerprint density at radius 1 is 1.32 bits per heavy atom. The van der Waals surface area contributed by atoms with Crippen LogP contribution in [0.15, 0.2) is 24.3 Å². The van der Waals surface area contributed by atoms with Gasteiger partial charge in [0.05, 0.1) is 0 Å². The van der Waals surface area contributed by atoms with E-state index in [0.29, 0.717) is 11.7 Å². The van der Waals surface area contributed by atoms with E-state index in [1.165, 1.54) is 11.5 Å². The van der Waals surface area contributed by atoms with Gasteiger partial charge in [-0.1, -0.05) is 12.1 Å². The van der Waals surface area contributed by atoms with Crippen molar-refractivity contribution in [3.63, 3.8) is 0 Å². The van der Waals surface area contributed by atoms with E-state index >= 15 is 0 Å². The zero-order valence-electron chi connectivity index (χ0n) is 10.9. The Morgan fingerprint density at radius 3 is 2.79 bits per heavy atom. The number of carbonyl (C=O) groups is 1. The van der Waals surface area contributed by atoms with Crippen LogP contribution < -0.4 is 11.1 Å². The number of hydrogen-bond acceptors (Lipinski definition) is 4. The van der Waals surface area contributed by atoms with Crippen molar-refractivity contribution in [1.29, 1.82) is 0 Å². The highest BCUT2D eigenvalue weighted by Crippen LogP contribution is 2.23. The molecule has 1 fully saturated rings. The van der Waals surface area contributed by atoms with Crippen molar-refractivity contribution >= 4 is 35.1 Å². The highest BCUT2D eigenvalue weighted by molar-refractivity contribution is 8.06. The molecule has 0 spiro atoms. The number of benzene rings is 1. The van der Waals surface area contributed by atoms with Gasteiger partial charge in [0.25, 0.3) is 0 Å². The summed E-state index contributed by atoms with van der Waals surface area (Å²) in [7, 11) is 0. The van der Waals surface area contributed by atoms with E-state index < -0.39 is 0 Å². The standard InChI is InChI=1S/C14H20N2OS2/c15-12-4-1-11(2-5-12)3-6-14(17)16-9-13-10-18-7-8-19-13/h1-2,4-5,13H,3,6-10,15H2,(H,16,17). The zero-order valence-corrected chi connectivity index (χ0v) is 12.6. The van der Waals surface area contributed by atoms with Crippen LogP contribution in [-0.4, -0.2) is 35.0 Å². The van der Waals surface area contributed by atoms with Gasteiger partial charge in [0.2, 0.25) is 5.91 Å². The van der Waals surface area contributed by atoms with Crippen LogP contribution in [0.5, 0.6) is 0 Å². The van der Waals surface area contributed by atoms with E-state index in [0.717, 1.165) is 30.0 Å². The molecule has 0 bridgehead atoms. The minimum absolute atomic E-state index is 0.146. The highest BCUT2D eigenvalue weighted by atomic mass is 32.2. The summed E-state index contributed by atoms with van der Waals surface area (Å²) in [5, 5.41) is 3.62. The van der Waals surface area contributed by atoms with Crippen LogP contribution in [0.3, 0.4) is 0 Å². The highest BCUT2D eigenvalue weighted by Gasteiger charge is 2.14. The topological polar surface area (TPSA) is 55.1 Å². The predicted octanol–water partition coefficient (Wildman–Crippen LogP) is 2.17. The maximum absolute atomic E-state index is 11.8. The fourth-order valence-corrected chi connectivity index (χ4v) is 4.52. The number of anilines is 1. The lowest BCUT2D eigenvalue weighted by Crippen LogP contribution is -2.33. The summed E-state index contributed by atoms with van der Waals surface area (Å²) in [5.74, 6) is 3.75. The van der Waals surface area contributed by atoms with Gasteiger partial charge in [-0.05, 0) is 24.1 Å². The molecule has 2 rings (SSSR count). The molecule has 1 aliphatic heterocycles. The molecule has 1 unspecified atom stereocenters. The molecule has 3 nitrogen and oxygen atoms in total. The predicted molar refractivity (Wildman–Crippen MR) is 85.8 cm³/mol. The number of aryl methyl sites for hydroxylation is 1. The van der Waals surface area contributed by atoms with Crippen molar-refractivity contribution in [3.05, 3.63) is 29.8 Å². The number of thioether (sulfide) groups is 2. The van der Waals surface area contributed by atoms with Crippen LogP contribution in [0, 0.1) is 0 Å². The maximum Gasteiger partial charge on any atom is 0.220 e. The fraction of sp³-hybridized carbons (Fsp3) is 0.500. The average molecular weight is 296 g/mol. The fourth-order valence-electron chi connectivity index (χ4n) is 1.91. The molecule has 3 N–H and O–H groups in total. The van der Waals surface area contributed by atoms with Crippen LogP contribution in [0.25, 0.3) is 0 Å². The van der Waals surface area contributed by atoms with Gasteiger partial charge in [-0.3, -0.25) is 4.79 Å². The Morgan fingerprint density at radius 2 is 2.11 bits per heavy atom. The van der Waals surface area contributed by atoms with E-state index in [4.69, 9.17) is 5.73 Å². The molecule has 1 heterocycles. The first-order chi connectivity index (χ1) is 9.24. The molecule has 1 aromatic carbocycles. The summed E-state index contributed by atoms with van der Waals surface area (Å²) in [6.45, 7) is 0.804. The van der Waals surface area contributed by atoms with E-state index in [-0.39, 0.29) is 5.91 Å². The largest absolute Gasteiger partial charge is 0.399 e. The van der Waals surface area contributed by atoms with Gasteiger partial charge in [-0.25, -0.2) is 0 Å². The second-order valence-corrected chi connectivity index (χ2v) is 7.17. The van der Waals surface area contributed by atoms with Gasteiger partial charge in [-0.15, -0.1) is 0 Å². The van der Waals surface area contributed by atoms with Crippen molar-refractivity contribution in [2.75, 3.05) is 29.5 Å². The smallest absolute Gasteiger partial charge is 0.220 e. The first kappa shape index (κ1) is 14.6. The minimum atomic E-state index is 0.146. The summed E-state index contributed by atoms with van der Waals surface area (Å²) in [6, 6.07) is 7.72. The molecule has 0 saturated carbocycles. The number of nitrogens with one attached hydrogen (secondary N) is 1. The van der Waals surface area contributed by atoms with E-state index in [9.17, 15) is 4.79 Å². The lowest BCUT2D eigenvalue weighted by atomic mass is 10.1. The molecule has 0 aliphatic carbocycles. The Kier molecular flexibility index (Phi) is 5.92. The first-order valence-corrected chi connectivity index (χ1v) is 8.75. The second kappa shape index (κ2) is 7.70. The van der Waals surface area contributed by atoms with Crippen molar-refractivity contribution in [2.24, 2.45) is 0 Å². The summed E-state index contributed by atoms with van der Waals surface area (Å²) in [5.41, 5.74) is 7.55. The van der Waals surface area contributed by atoms with Crippen molar-refractivity contribution in [2.45, 2.75) is 18.1 Å². The summed E-state index contributed by atoms with van der Waals surface area (Å²) < 4.78 is 0. The third-order valence-corrected chi connectivity index (χ3v) is 5.88. The van der Waals surface area contributed by atoms with Crippen LogP contribution in [0.1, 0.15) is 12.0 Å². The number of amides is 1. The molecular formula is C14H20N2OS2. The molecule has 1 atom stereocenters. The maximum atomic E-state index is 11.8. The lowest BCUT2D eigenvalue weighted by Gasteiger charge is -2.21. The van der Waals surface area contributed by atoms with Crippen molar-refractivity contribution < 1.29 is 4.79 Å². The van der Waals surface area contributed by atoms with Crippen molar-refractivity contribution in [3.8, 4) is 0 Å². The van der Waals surface area contributed by atoms with E-state index in [1.54, 1.807) is 0 Å². The van der Waals surface area contributed by atoms with Crippen molar-refractivity contribution in [1.82, 2.24) is 5.32 Å². The van der Waals surface area contributed by atoms with Crippen LogP contribution in [0.2, 0.25) is 0 Å². The van der Waals surface area contributed by atoms with Gasteiger partial charge >= 0.3 is 0 Å². The van der Waals surface area contributed by atoms with Crippen LogP contribution >= 0.6 is 23.5 Å². The van der Waals surface area contributed by atoms with Gasteiger partial charge in [0.1, 0.15) is 0 Å². The number of carbonyl (C=O) groups excluding carboxylic acids is 1. The average Bonchev–Trinajstić information content (AvgIpc) is 2.45. The second-order valence-electron chi connectivity index (χ2n) is 4.61. The monoisotopic (exact) mass is 296 g/mol. The molecule has 5 heteroatoms. The minimum Gasteiger partial charge on any atom is -0.399 e. The van der Waals surface area contributed by atoms with Gasteiger partial charge in [-0.2, -0.15) is 23.5 Å². The third-order valence-electron chi connectivity index (χ3n) is 3.03. The summed E-state index contributed by atoms with van der Waals surface area (Å²) in [4.78, 5) is 11.8. The lowest BCUT2D eigenvalue weighted by molar-refractivity contribution is -0.121. The van der Waals surface area contributed by atoms with Crippen LogP contribution in [-0.2, 0) is 11.2 Å². The molecule has 1 aliphatic rings. The Labute approximate surface area is 123 Å². The Bertz CT molecular complexity index is 402. The Hall–Kier alpha value is -0.810. The normalized spacial score (nSPS) is 19.1. The van der Waals surface area contributed by atoms with Gasteiger partial charge in [0, 0.05) is 41.2 Å². The molecule has 1 amide bonds. The molecule has 19 heavy (non-hydrogen) atoms. The molecule has 0 aromatic heterocycles. The molecule has 0 radical (unpaired) electrons. The number of nitrogen functional groups attached to an aromatic ring is 1. The van der Waals surface area contributed by atoms with Crippen LogP contribution in [0.4, 0.5) is 5.69 Å². The first-order valence-electron chi connectivity index (χ1n) is 6.54. The summed E-state index contributed by atoms with van der Waals surface area (Å²) in [6.07, 6.45) is 1.33. The third kappa shape index (κ3) is 5.37.